The van der Waals surface area contributed by atoms with Crippen molar-refractivity contribution in [1.82, 2.24) is 10.2 Å². The fraction of sp³-hybridized carbons (Fsp3) is 0.909. The van der Waals surface area contributed by atoms with Gasteiger partial charge in [0.25, 0.3) is 0 Å². The quantitative estimate of drug-likeness (QED) is 0.750. The first-order valence-corrected chi connectivity index (χ1v) is 7.65. The number of amides is 2. The van der Waals surface area contributed by atoms with Gasteiger partial charge in [0.15, 0.2) is 0 Å². The van der Waals surface area contributed by atoms with E-state index in [-0.39, 0.29) is 12.1 Å². The zero-order valence-corrected chi connectivity index (χ0v) is 10.4. The normalized spacial score (nSPS) is 31.1. The van der Waals surface area contributed by atoms with Crippen LogP contribution in [0.15, 0.2) is 0 Å². The summed E-state index contributed by atoms with van der Waals surface area (Å²) in [6, 6.07) is 0.324. The number of carbonyl (C=O) groups is 1. The molecule has 0 atom stereocenters. The highest BCUT2D eigenvalue weighted by Gasteiger charge is 2.22. The van der Waals surface area contributed by atoms with Gasteiger partial charge in [-0.3, -0.25) is 4.21 Å². The van der Waals surface area contributed by atoms with Gasteiger partial charge in [-0.1, -0.05) is 0 Å². The van der Waals surface area contributed by atoms with Crippen molar-refractivity contribution in [3.63, 3.8) is 0 Å². The third-order valence-corrected chi connectivity index (χ3v) is 4.74. The van der Waals surface area contributed by atoms with Crippen LogP contribution in [-0.2, 0) is 10.8 Å². The Hall–Kier alpha value is -0.580. The molecule has 0 unspecified atom stereocenters. The lowest BCUT2D eigenvalue weighted by Gasteiger charge is -2.30. The summed E-state index contributed by atoms with van der Waals surface area (Å²) in [4.78, 5) is 13.8. The van der Waals surface area contributed by atoms with Crippen LogP contribution in [0.3, 0.4) is 0 Å². The van der Waals surface area contributed by atoms with Crippen LogP contribution in [0.2, 0.25) is 0 Å². The predicted octanol–water partition coefficient (Wildman–Crippen LogP) is 1.09. The van der Waals surface area contributed by atoms with Crippen molar-refractivity contribution in [3.05, 3.63) is 0 Å². The van der Waals surface area contributed by atoms with E-state index in [1.54, 1.807) is 0 Å². The number of nitrogens with one attached hydrogen (secondary N) is 1. The number of hydrogen-bond acceptors (Lipinski definition) is 2. The minimum Gasteiger partial charge on any atom is -0.335 e. The third-order valence-electron chi connectivity index (χ3n) is 3.36. The Bertz CT molecular complexity index is 267. The zero-order chi connectivity index (χ0) is 11.4. The number of nitrogens with zero attached hydrogens (tertiary/aromatic N) is 1. The van der Waals surface area contributed by atoms with Crippen molar-refractivity contribution in [2.45, 2.75) is 38.1 Å². The van der Waals surface area contributed by atoms with E-state index >= 15 is 0 Å². The zero-order valence-electron chi connectivity index (χ0n) is 9.61. The fourth-order valence-electron chi connectivity index (χ4n) is 2.30. The van der Waals surface area contributed by atoms with E-state index in [9.17, 15) is 9.00 Å². The molecule has 0 aromatic heterocycles. The van der Waals surface area contributed by atoms with Crippen LogP contribution in [-0.4, -0.2) is 45.8 Å². The highest BCUT2D eigenvalue weighted by molar-refractivity contribution is 7.85. The van der Waals surface area contributed by atoms with Crippen LogP contribution in [0.5, 0.6) is 0 Å². The van der Waals surface area contributed by atoms with Gasteiger partial charge in [0, 0.05) is 41.4 Å². The first-order chi connectivity index (χ1) is 7.75. The largest absolute Gasteiger partial charge is 0.335 e. The Morgan fingerprint density at radius 2 is 1.75 bits per heavy atom. The molecule has 4 nitrogen and oxygen atoms in total. The van der Waals surface area contributed by atoms with Crippen molar-refractivity contribution in [2.75, 3.05) is 24.6 Å². The van der Waals surface area contributed by atoms with Gasteiger partial charge >= 0.3 is 6.03 Å². The van der Waals surface area contributed by atoms with Crippen molar-refractivity contribution < 1.29 is 9.00 Å². The van der Waals surface area contributed by atoms with E-state index in [0.717, 1.165) is 50.3 Å². The van der Waals surface area contributed by atoms with E-state index in [2.05, 4.69) is 5.32 Å². The van der Waals surface area contributed by atoms with Crippen LogP contribution in [0, 0.1) is 0 Å². The molecular formula is C11H20N2O2S. The molecule has 2 saturated heterocycles. The van der Waals surface area contributed by atoms with Crippen LogP contribution in [0.1, 0.15) is 32.1 Å². The summed E-state index contributed by atoms with van der Waals surface area (Å²) >= 11 is 0. The molecule has 0 spiro atoms. The van der Waals surface area contributed by atoms with E-state index in [1.807, 2.05) is 4.90 Å². The van der Waals surface area contributed by atoms with Crippen molar-refractivity contribution in [2.24, 2.45) is 0 Å². The average Bonchev–Trinajstić information content (AvgIpc) is 2.33. The molecule has 0 bridgehead atoms. The third kappa shape index (κ3) is 3.20. The van der Waals surface area contributed by atoms with Gasteiger partial charge < -0.3 is 10.2 Å². The molecule has 2 aliphatic rings. The molecule has 2 fully saturated rings. The molecule has 0 radical (unpaired) electrons. The van der Waals surface area contributed by atoms with Crippen LogP contribution >= 0.6 is 0 Å². The lowest BCUT2D eigenvalue weighted by atomic mass is 10.1. The second-order valence-electron chi connectivity index (χ2n) is 4.62. The SMILES string of the molecule is O=C(NC1CCS(=O)CC1)N1CCCCC1. The Morgan fingerprint density at radius 3 is 2.38 bits per heavy atom. The van der Waals surface area contributed by atoms with Crippen LogP contribution in [0.25, 0.3) is 0 Å². The average molecular weight is 244 g/mol. The molecule has 2 heterocycles. The van der Waals surface area contributed by atoms with Gasteiger partial charge in [0.1, 0.15) is 0 Å². The Labute approximate surface area is 99.2 Å². The molecule has 92 valence electrons. The standard InChI is InChI=1S/C11H20N2O2S/c14-11(13-6-2-1-3-7-13)12-10-4-8-16(15)9-5-10/h10H,1-9H2,(H,12,14). The minimum absolute atomic E-state index is 0.0809. The summed E-state index contributed by atoms with van der Waals surface area (Å²) in [5, 5.41) is 3.06. The van der Waals surface area contributed by atoms with Gasteiger partial charge in [0.2, 0.25) is 0 Å². The van der Waals surface area contributed by atoms with E-state index in [4.69, 9.17) is 0 Å². The summed E-state index contributed by atoms with van der Waals surface area (Å²) in [6.45, 7) is 1.79. The molecule has 0 saturated carbocycles. The number of likely N-dealkylation sites (tertiary alicyclic amines) is 1. The molecule has 2 rings (SSSR count). The first kappa shape index (κ1) is 11.9. The highest BCUT2D eigenvalue weighted by Crippen LogP contribution is 2.12. The van der Waals surface area contributed by atoms with Crippen molar-refractivity contribution in [1.29, 1.82) is 0 Å². The smallest absolute Gasteiger partial charge is 0.317 e. The van der Waals surface area contributed by atoms with Crippen molar-refractivity contribution >= 4 is 16.8 Å². The Balaban J connectivity index is 1.75. The summed E-state index contributed by atoms with van der Waals surface area (Å²) < 4.78 is 11.2. The van der Waals surface area contributed by atoms with E-state index < -0.39 is 10.8 Å². The number of urea groups is 1. The topological polar surface area (TPSA) is 49.4 Å². The molecule has 16 heavy (non-hydrogen) atoms. The summed E-state index contributed by atoms with van der Waals surface area (Å²) in [6.07, 6.45) is 5.23. The van der Waals surface area contributed by atoms with E-state index in [0.29, 0.717) is 0 Å². The first-order valence-electron chi connectivity index (χ1n) is 6.16. The maximum Gasteiger partial charge on any atom is 0.317 e. The van der Waals surface area contributed by atoms with Gasteiger partial charge in [-0.2, -0.15) is 0 Å². The minimum atomic E-state index is -0.645. The van der Waals surface area contributed by atoms with Crippen molar-refractivity contribution in [3.8, 4) is 0 Å². The van der Waals surface area contributed by atoms with Gasteiger partial charge in [-0.25, -0.2) is 4.79 Å². The number of carbonyl (C=O) groups excluding carboxylic acids is 1. The van der Waals surface area contributed by atoms with Gasteiger partial charge in [0.05, 0.1) is 0 Å². The predicted molar refractivity (Wildman–Crippen MR) is 64.9 cm³/mol. The molecule has 0 aliphatic carbocycles. The van der Waals surface area contributed by atoms with Gasteiger partial charge in [-0.15, -0.1) is 0 Å². The molecule has 2 amide bonds. The second kappa shape index (κ2) is 5.66. The molecule has 2 aliphatic heterocycles. The maximum atomic E-state index is 11.9. The molecule has 0 aromatic carbocycles. The Kier molecular flexibility index (Phi) is 4.21. The lowest BCUT2D eigenvalue weighted by Crippen LogP contribution is -2.48. The summed E-state index contributed by atoms with van der Waals surface area (Å²) in [7, 11) is -0.645. The van der Waals surface area contributed by atoms with Gasteiger partial charge in [-0.05, 0) is 32.1 Å². The molecular weight excluding hydrogens is 224 g/mol. The van der Waals surface area contributed by atoms with Crippen LogP contribution in [0.4, 0.5) is 4.79 Å². The maximum absolute atomic E-state index is 11.9. The highest BCUT2D eigenvalue weighted by atomic mass is 32.2. The Morgan fingerprint density at radius 1 is 1.12 bits per heavy atom. The van der Waals surface area contributed by atoms with Crippen LogP contribution < -0.4 is 5.32 Å². The number of hydrogen-bond donors (Lipinski definition) is 1. The summed E-state index contributed by atoms with van der Waals surface area (Å²) in [5.74, 6) is 1.48. The number of piperidine rings is 1. The monoisotopic (exact) mass is 244 g/mol. The summed E-state index contributed by atoms with van der Waals surface area (Å²) in [5.41, 5.74) is 0. The second-order valence-corrected chi connectivity index (χ2v) is 6.32. The molecule has 1 N–H and O–H groups in total. The molecule has 0 aromatic rings. The fourth-order valence-corrected chi connectivity index (χ4v) is 3.60. The number of rotatable bonds is 1. The lowest BCUT2D eigenvalue weighted by molar-refractivity contribution is 0.181. The van der Waals surface area contributed by atoms with E-state index in [1.165, 1.54) is 6.42 Å². The molecule has 5 heteroatoms.